The molecule has 1 heterocycles. The Bertz CT molecular complexity index is 194. The minimum Gasteiger partial charge on any atom is -0.324 e. The van der Waals surface area contributed by atoms with E-state index in [1.807, 2.05) is 0 Å². The fourth-order valence-corrected chi connectivity index (χ4v) is 2.83. The fraction of sp³-hybridized carbons (Fsp3) is 0.833. The molecule has 0 bridgehead atoms. The average Bonchev–Trinajstić information content (AvgIpc) is 2.47. The zero-order valence-electron chi connectivity index (χ0n) is 8.97. The summed E-state index contributed by atoms with van der Waals surface area (Å²) in [5, 5.41) is 3.58. The van der Waals surface area contributed by atoms with Crippen molar-refractivity contribution in [3.63, 3.8) is 0 Å². The van der Waals surface area contributed by atoms with Crippen molar-refractivity contribution < 1.29 is 0 Å². The molecule has 2 heteroatoms. The summed E-state index contributed by atoms with van der Waals surface area (Å²) < 4.78 is 0. The lowest BCUT2D eigenvalue weighted by Crippen LogP contribution is -2.57. The van der Waals surface area contributed by atoms with Gasteiger partial charge in [-0.2, -0.15) is 0 Å². The van der Waals surface area contributed by atoms with Crippen molar-refractivity contribution in [1.29, 1.82) is 0 Å². The van der Waals surface area contributed by atoms with Gasteiger partial charge in [-0.15, -0.1) is 0 Å². The highest BCUT2D eigenvalue weighted by atomic mass is 15.0. The number of allylic oxidation sites excluding steroid dienone is 1. The molecule has 0 aromatic heterocycles. The van der Waals surface area contributed by atoms with Gasteiger partial charge in [-0.25, -0.2) is 0 Å². The first-order valence-electron chi connectivity index (χ1n) is 5.98. The van der Waals surface area contributed by atoms with Crippen LogP contribution in [0.2, 0.25) is 0 Å². The van der Waals surface area contributed by atoms with Crippen molar-refractivity contribution in [2.75, 3.05) is 6.54 Å². The molecule has 0 amide bonds. The smallest absolute Gasteiger partial charge is 0.0310 e. The van der Waals surface area contributed by atoms with Gasteiger partial charge in [-0.1, -0.05) is 31.4 Å². The zero-order chi connectivity index (χ0) is 9.86. The van der Waals surface area contributed by atoms with E-state index in [1.54, 1.807) is 0 Å². The van der Waals surface area contributed by atoms with E-state index in [4.69, 9.17) is 5.73 Å². The Kier molecular flexibility index (Phi) is 3.24. The summed E-state index contributed by atoms with van der Waals surface area (Å²) in [5.41, 5.74) is 6.60. The molecule has 0 saturated heterocycles. The summed E-state index contributed by atoms with van der Waals surface area (Å²) >= 11 is 0. The normalized spacial score (nSPS) is 32.5. The van der Waals surface area contributed by atoms with Gasteiger partial charge < -0.3 is 11.1 Å². The molecule has 3 N–H and O–H groups in total. The van der Waals surface area contributed by atoms with Crippen LogP contribution in [0.4, 0.5) is 0 Å². The highest BCUT2D eigenvalue weighted by molar-refractivity contribution is 5.02. The first kappa shape index (κ1) is 10.2. The molecule has 1 aliphatic carbocycles. The van der Waals surface area contributed by atoms with E-state index >= 15 is 0 Å². The van der Waals surface area contributed by atoms with E-state index in [1.165, 1.54) is 44.9 Å². The number of nitrogens with one attached hydrogen (secondary N) is 1. The van der Waals surface area contributed by atoms with Gasteiger partial charge in [0.25, 0.3) is 0 Å². The van der Waals surface area contributed by atoms with Gasteiger partial charge in [0.15, 0.2) is 0 Å². The van der Waals surface area contributed by atoms with Gasteiger partial charge in [0.2, 0.25) is 0 Å². The van der Waals surface area contributed by atoms with Crippen molar-refractivity contribution in [2.45, 2.75) is 56.5 Å². The first-order chi connectivity index (χ1) is 6.81. The van der Waals surface area contributed by atoms with Crippen LogP contribution in [0.1, 0.15) is 44.9 Å². The van der Waals surface area contributed by atoms with Crippen LogP contribution in [0, 0.1) is 0 Å². The fourth-order valence-electron chi connectivity index (χ4n) is 2.83. The first-order valence-corrected chi connectivity index (χ1v) is 5.98. The van der Waals surface area contributed by atoms with Crippen LogP contribution in [-0.2, 0) is 0 Å². The Balaban J connectivity index is 1.97. The molecule has 2 nitrogen and oxygen atoms in total. The molecule has 2 aliphatic rings. The summed E-state index contributed by atoms with van der Waals surface area (Å²) in [6.07, 6.45) is 13.4. The Morgan fingerprint density at radius 2 is 1.93 bits per heavy atom. The number of nitrogens with two attached hydrogens (primary N) is 1. The van der Waals surface area contributed by atoms with Crippen LogP contribution in [0.25, 0.3) is 0 Å². The highest BCUT2D eigenvalue weighted by Gasteiger charge is 2.35. The second-order valence-corrected chi connectivity index (χ2v) is 4.80. The third kappa shape index (κ3) is 2.18. The molecule has 2 rings (SSSR count). The summed E-state index contributed by atoms with van der Waals surface area (Å²) in [4.78, 5) is 0. The Labute approximate surface area is 86.9 Å². The average molecular weight is 194 g/mol. The summed E-state index contributed by atoms with van der Waals surface area (Å²) in [7, 11) is 0. The van der Waals surface area contributed by atoms with Gasteiger partial charge in [-0.05, 0) is 25.7 Å². The van der Waals surface area contributed by atoms with Gasteiger partial charge >= 0.3 is 0 Å². The lowest BCUT2D eigenvalue weighted by atomic mass is 9.76. The van der Waals surface area contributed by atoms with Crippen molar-refractivity contribution >= 4 is 0 Å². The second kappa shape index (κ2) is 4.45. The van der Waals surface area contributed by atoms with Crippen molar-refractivity contribution in [2.24, 2.45) is 5.73 Å². The van der Waals surface area contributed by atoms with Crippen LogP contribution in [-0.4, -0.2) is 18.1 Å². The molecule has 1 aliphatic heterocycles. The van der Waals surface area contributed by atoms with Crippen molar-refractivity contribution in [3.05, 3.63) is 12.2 Å². The van der Waals surface area contributed by atoms with E-state index in [9.17, 15) is 0 Å². The number of hydrogen-bond acceptors (Lipinski definition) is 2. The largest absolute Gasteiger partial charge is 0.324 e. The summed E-state index contributed by atoms with van der Waals surface area (Å²) in [5.74, 6) is 0. The molecule has 0 spiro atoms. The molecule has 80 valence electrons. The number of hydrogen-bond donors (Lipinski definition) is 2. The van der Waals surface area contributed by atoms with E-state index in [2.05, 4.69) is 17.5 Å². The van der Waals surface area contributed by atoms with E-state index in [-0.39, 0.29) is 5.54 Å². The third-order valence-electron chi connectivity index (χ3n) is 3.75. The topological polar surface area (TPSA) is 38.0 Å². The minimum absolute atomic E-state index is 0.0876. The van der Waals surface area contributed by atoms with Crippen molar-refractivity contribution in [3.8, 4) is 0 Å². The van der Waals surface area contributed by atoms with Crippen LogP contribution < -0.4 is 11.1 Å². The second-order valence-electron chi connectivity index (χ2n) is 4.80. The molecule has 1 atom stereocenters. The number of rotatable bonds is 1. The Morgan fingerprint density at radius 3 is 2.71 bits per heavy atom. The molecule has 14 heavy (non-hydrogen) atoms. The van der Waals surface area contributed by atoms with E-state index in [0.29, 0.717) is 6.04 Å². The quantitative estimate of drug-likeness (QED) is 0.626. The van der Waals surface area contributed by atoms with Crippen LogP contribution in [0.5, 0.6) is 0 Å². The molecular weight excluding hydrogens is 172 g/mol. The van der Waals surface area contributed by atoms with Crippen LogP contribution in [0.3, 0.4) is 0 Å². The molecule has 1 unspecified atom stereocenters. The van der Waals surface area contributed by atoms with Gasteiger partial charge in [-0.3, -0.25) is 0 Å². The minimum atomic E-state index is 0.0876. The van der Waals surface area contributed by atoms with Gasteiger partial charge in [0, 0.05) is 18.1 Å². The standard InChI is InChI=1S/C12H22N2/c13-12(8-4-2-5-9-12)11-7-3-1-6-10-14-11/h1,6,11,14H,2-5,7-10,13H2. The van der Waals surface area contributed by atoms with Gasteiger partial charge in [0.05, 0.1) is 0 Å². The molecule has 0 aromatic carbocycles. The SMILES string of the molecule is NC1(C2CCC=CCN2)CCCCC1. The summed E-state index contributed by atoms with van der Waals surface area (Å²) in [6.45, 7) is 1.00. The zero-order valence-corrected chi connectivity index (χ0v) is 8.97. The monoisotopic (exact) mass is 194 g/mol. The predicted molar refractivity (Wildman–Crippen MR) is 60.2 cm³/mol. The van der Waals surface area contributed by atoms with Crippen molar-refractivity contribution in [1.82, 2.24) is 5.32 Å². The van der Waals surface area contributed by atoms with E-state index in [0.717, 1.165) is 6.54 Å². The lowest BCUT2D eigenvalue weighted by molar-refractivity contribution is 0.215. The van der Waals surface area contributed by atoms with E-state index < -0.39 is 0 Å². The summed E-state index contributed by atoms with van der Waals surface area (Å²) in [6, 6.07) is 0.540. The van der Waals surface area contributed by atoms with Crippen LogP contribution in [0.15, 0.2) is 12.2 Å². The maximum Gasteiger partial charge on any atom is 0.0310 e. The van der Waals surface area contributed by atoms with Crippen LogP contribution >= 0.6 is 0 Å². The molecule has 0 radical (unpaired) electrons. The maximum absolute atomic E-state index is 6.51. The molecular formula is C12H22N2. The molecule has 0 aromatic rings. The Hall–Kier alpha value is -0.340. The Morgan fingerprint density at radius 1 is 1.14 bits per heavy atom. The predicted octanol–water partition coefficient (Wildman–Crippen LogP) is 1.96. The molecule has 1 fully saturated rings. The third-order valence-corrected chi connectivity index (χ3v) is 3.75. The van der Waals surface area contributed by atoms with Gasteiger partial charge in [0.1, 0.15) is 0 Å². The highest BCUT2D eigenvalue weighted by Crippen LogP contribution is 2.30. The molecule has 1 saturated carbocycles. The lowest BCUT2D eigenvalue weighted by Gasteiger charge is -2.40. The maximum atomic E-state index is 6.51.